The van der Waals surface area contributed by atoms with Gasteiger partial charge in [-0.05, 0) is 50.6 Å². The van der Waals surface area contributed by atoms with Crippen LogP contribution in [0, 0.1) is 11.8 Å². The minimum absolute atomic E-state index is 0.0344. The fourth-order valence-electron chi connectivity index (χ4n) is 6.82. The Morgan fingerprint density at radius 2 is 2.00 bits per heavy atom. The van der Waals surface area contributed by atoms with Crippen molar-refractivity contribution >= 4 is 17.7 Å². The van der Waals surface area contributed by atoms with E-state index in [0.717, 1.165) is 24.1 Å². The average Bonchev–Trinajstić information content (AvgIpc) is 3.15. The zero-order chi connectivity index (χ0) is 26.0. The number of Topliss-reactive ketones (excluding diaryl/α,β-unsaturated/α-hetero) is 1. The van der Waals surface area contributed by atoms with Crippen LogP contribution in [0.3, 0.4) is 0 Å². The molecule has 0 saturated carbocycles. The molecule has 1 spiro atoms. The molecule has 5 rings (SSSR count). The molecule has 36 heavy (non-hydrogen) atoms. The highest BCUT2D eigenvalue weighted by atomic mass is 16.6. The fraction of sp³-hybridized carbons (Fsp3) is 0.593. The Labute approximate surface area is 209 Å². The number of hydrogen-bond donors (Lipinski definition) is 3. The minimum atomic E-state index is -1.21. The highest BCUT2D eigenvalue weighted by Gasteiger charge is 2.71. The zero-order valence-corrected chi connectivity index (χ0v) is 20.8. The molecular formula is C27H33NO8. The lowest BCUT2D eigenvalue weighted by molar-refractivity contribution is -0.157. The van der Waals surface area contributed by atoms with Crippen molar-refractivity contribution in [3.8, 4) is 11.5 Å². The first-order valence-corrected chi connectivity index (χ1v) is 12.6. The number of aliphatic hydroxyl groups is 1. The maximum atomic E-state index is 13.2. The van der Waals surface area contributed by atoms with E-state index >= 15 is 0 Å². The molecule has 194 valence electrons. The second-order valence-electron chi connectivity index (χ2n) is 11.0. The first kappa shape index (κ1) is 24.8. The SMILES string of the molecule is CC(C)C(=O)C[C@@H](CC(=O)O)C(=O)OC1=CC[C@@]2(O)[C@H]3Cc4ccc(O)c5c4[C@@]2(CCCN3C)[C@H]1O5. The molecule has 1 saturated heterocycles. The number of likely N-dealkylation sites (N-methyl/N-ethyl adjacent to an activating group) is 1. The third-order valence-electron chi connectivity index (χ3n) is 8.64. The molecule has 5 atom stereocenters. The smallest absolute Gasteiger partial charge is 0.315 e. The number of benzene rings is 1. The molecule has 1 fully saturated rings. The number of rotatable bonds is 7. The number of carbonyl (C=O) groups excluding carboxylic acids is 2. The monoisotopic (exact) mass is 499 g/mol. The number of likely N-dealkylation sites (tertiary alicyclic amines) is 1. The quantitative estimate of drug-likeness (QED) is 0.483. The Bertz CT molecular complexity index is 1160. The summed E-state index contributed by atoms with van der Waals surface area (Å²) in [6.07, 6.45) is 2.21. The van der Waals surface area contributed by atoms with E-state index in [2.05, 4.69) is 4.90 Å². The average molecular weight is 500 g/mol. The van der Waals surface area contributed by atoms with Gasteiger partial charge < -0.3 is 29.7 Å². The van der Waals surface area contributed by atoms with E-state index in [1.807, 2.05) is 13.1 Å². The lowest BCUT2D eigenvalue weighted by Crippen LogP contribution is -2.69. The van der Waals surface area contributed by atoms with Gasteiger partial charge in [0.05, 0.1) is 23.4 Å². The Kier molecular flexibility index (Phi) is 5.91. The van der Waals surface area contributed by atoms with Gasteiger partial charge in [0.2, 0.25) is 0 Å². The number of carboxylic acids is 1. The highest BCUT2D eigenvalue weighted by molar-refractivity contribution is 5.88. The minimum Gasteiger partial charge on any atom is -0.504 e. The van der Waals surface area contributed by atoms with Gasteiger partial charge in [-0.1, -0.05) is 19.9 Å². The van der Waals surface area contributed by atoms with E-state index in [0.29, 0.717) is 18.6 Å². The number of ketones is 1. The maximum absolute atomic E-state index is 13.2. The van der Waals surface area contributed by atoms with Crippen LogP contribution in [0.2, 0.25) is 0 Å². The second-order valence-corrected chi connectivity index (χ2v) is 11.0. The Hall–Kier alpha value is -2.91. The summed E-state index contributed by atoms with van der Waals surface area (Å²) >= 11 is 0. The lowest BCUT2D eigenvalue weighted by Gasteiger charge is -2.56. The molecule has 2 bridgehead atoms. The van der Waals surface area contributed by atoms with Gasteiger partial charge in [0.15, 0.2) is 17.6 Å². The van der Waals surface area contributed by atoms with Gasteiger partial charge in [-0.2, -0.15) is 0 Å². The Morgan fingerprint density at radius 3 is 2.69 bits per heavy atom. The summed E-state index contributed by atoms with van der Waals surface area (Å²) in [5.41, 5.74) is -0.364. The molecule has 1 aromatic carbocycles. The summed E-state index contributed by atoms with van der Waals surface area (Å²) in [7, 11) is 2.00. The molecule has 2 heterocycles. The van der Waals surface area contributed by atoms with Crippen LogP contribution < -0.4 is 4.74 Å². The van der Waals surface area contributed by atoms with E-state index in [4.69, 9.17) is 9.47 Å². The summed E-state index contributed by atoms with van der Waals surface area (Å²) < 4.78 is 12.1. The van der Waals surface area contributed by atoms with Gasteiger partial charge in [-0.15, -0.1) is 0 Å². The molecule has 0 radical (unpaired) electrons. The van der Waals surface area contributed by atoms with Gasteiger partial charge >= 0.3 is 11.9 Å². The Morgan fingerprint density at radius 1 is 1.25 bits per heavy atom. The molecule has 0 unspecified atom stereocenters. The standard InChI is InChI=1S/C27H33NO8/c1-14(2)18(30)11-16(13-21(31)32)25(33)35-19-7-9-27(34)20-12-15-5-6-17(29)23-22(15)26(27,24(19)36-23)8-4-10-28(20)3/h5-7,14,16,20,24,29,34H,4,8-13H2,1-3H3,(H,31,32)/t16-,20+,24-,26-,27+/m0/s1. The van der Waals surface area contributed by atoms with Crippen molar-refractivity contribution in [1.29, 1.82) is 0 Å². The first-order valence-electron chi connectivity index (χ1n) is 12.6. The summed E-state index contributed by atoms with van der Waals surface area (Å²) in [5, 5.41) is 32.3. The number of aliphatic carboxylic acids is 1. The summed E-state index contributed by atoms with van der Waals surface area (Å²) in [6.45, 7) is 4.18. The third-order valence-corrected chi connectivity index (χ3v) is 8.64. The number of carboxylic acid groups (broad SMARTS) is 1. The normalized spacial score (nSPS) is 31.1. The molecule has 9 heteroatoms. The van der Waals surface area contributed by atoms with Crippen LogP contribution >= 0.6 is 0 Å². The topological polar surface area (TPSA) is 134 Å². The summed E-state index contributed by atoms with van der Waals surface area (Å²) in [4.78, 5) is 39.2. The van der Waals surface area contributed by atoms with Gasteiger partial charge in [0.25, 0.3) is 0 Å². The van der Waals surface area contributed by atoms with Crippen LogP contribution in [0.1, 0.15) is 57.1 Å². The van der Waals surface area contributed by atoms with Gasteiger partial charge in [0.1, 0.15) is 11.5 Å². The molecule has 2 aliphatic heterocycles. The number of nitrogens with zero attached hydrogens (tertiary/aromatic N) is 1. The van der Waals surface area contributed by atoms with Crippen LogP contribution in [0.4, 0.5) is 0 Å². The molecule has 4 aliphatic rings. The van der Waals surface area contributed by atoms with Crippen LogP contribution in [-0.2, 0) is 31.0 Å². The van der Waals surface area contributed by atoms with E-state index < -0.39 is 41.4 Å². The van der Waals surface area contributed by atoms with Crippen molar-refractivity contribution < 1.29 is 39.2 Å². The second kappa shape index (κ2) is 8.59. The predicted molar refractivity (Wildman–Crippen MR) is 128 cm³/mol. The third kappa shape index (κ3) is 3.47. The number of hydrogen-bond acceptors (Lipinski definition) is 8. The van der Waals surface area contributed by atoms with Crippen LogP contribution in [0.15, 0.2) is 24.0 Å². The lowest BCUT2D eigenvalue weighted by atomic mass is 9.52. The molecule has 2 aliphatic carbocycles. The first-order chi connectivity index (χ1) is 17.0. The van der Waals surface area contributed by atoms with Crippen molar-refractivity contribution in [3.63, 3.8) is 0 Å². The van der Waals surface area contributed by atoms with Crippen molar-refractivity contribution in [2.24, 2.45) is 11.8 Å². The van der Waals surface area contributed by atoms with E-state index in [1.165, 1.54) is 0 Å². The fourth-order valence-corrected chi connectivity index (χ4v) is 6.82. The number of carbonyl (C=O) groups is 3. The molecule has 0 amide bonds. The number of phenolic OH excluding ortho intramolecular Hbond substituents is 1. The van der Waals surface area contributed by atoms with E-state index in [-0.39, 0.29) is 42.1 Å². The number of ether oxygens (including phenoxy) is 2. The number of esters is 1. The number of phenols is 1. The van der Waals surface area contributed by atoms with E-state index in [9.17, 15) is 29.7 Å². The maximum Gasteiger partial charge on any atom is 0.315 e. The summed E-state index contributed by atoms with van der Waals surface area (Å²) in [5.74, 6) is -3.22. The van der Waals surface area contributed by atoms with Crippen molar-refractivity contribution in [2.45, 2.75) is 75.5 Å². The zero-order valence-electron chi connectivity index (χ0n) is 20.8. The van der Waals surface area contributed by atoms with Gasteiger partial charge in [-0.25, -0.2) is 0 Å². The number of aromatic hydroxyl groups is 1. The largest absolute Gasteiger partial charge is 0.504 e. The van der Waals surface area contributed by atoms with E-state index in [1.54, 1.807) is 26.0 Å². The van der Waals surface area contributed by atoms with Crippen molar-refractivity contribution in [1.82, 2.24) is 4.90 Å². The highest BCUT2D eigenvalue weighted by Crippen LogP contribution is 2.64. The predicted octanol–water partition coefficient (Wildman–Crippen LogP) is 2.31. The molecule has 9 nitrogen and oxygen atoms in total. The van der Waals surface area contributed by atoms with Crippen LogP contribution in [0.5, 0.6) is 11.5 Å². The van der Waals surface area contributed by atoms with Gasteiger partial charge in [-0.3, -0.25) is 14.4 Å². The molecule has 1 aromatic rings. The van der Waals surface area contributed by atoms with Crippen LogP contribution in [0.25, 0.3) is 0 Å². The van der Waals surface area contributed by atoms with Crippen molar-refractivity contribution in [3.05, 3.63) is 35.1 Å². The van der Waals surface area contributed by atoms with Crippen molar-refractivity contribution in [2.75, 3.05) is 13.6 Å². The van der Waals surface area contributed by atoms with Crippen LogP contribution in [-0.4, -0.2) is 69.3 Å². The molecule has 3 N–H and O–H groups in total. The molecular weight excluding hydrogens is 466 g/mol. The van der Waals surface area contributed by atoms with Gasteiger partial charge in [0, 0.05) is 30.4 Å². The summed E-state index contributed by atoms with van der Waals surface area (Å²) in [6, 6.07) is 3.28. The Balaban J connectivity index is 1.54. The molecule has 0 aromatic heterocycles.